The van der Waals surface area contributed by atoms with Crippen LogP contribution in [0.4, 0.5) is 5.69 Å². The maximum absolute atomic E-state index is 8.25. The van der Waals surface area contributed by atoms with E-state index in [1.807, 2.05) is 6.07 Å². The lowest BCUT2D eigenvalue weighted by Crippen LogP contribution is -2.43. The second-order valence-corrected chi connectivity index (χ2v) is 7.89. The van der Waals surface area contributed by atoms with Crippen molar-refractivity contribution in [1.82, 2.24) is 4.90 Å². The molecular weight excluding hydrogens is 398 g/mol. The van der Waals surface area contributed by atoms with Gasteiger partial charge in [0.15, 0.2) is 0 Å². The number of unbranched alkanes of at least 4 members (excludes halogenated alkanes) is 1. The third-order valence-electron chi connectivity index (χ3n) is 5.26. The second-order valence-electron chi connectivity index (χ2n) is 7.10. The summed E-state index contributed by atoms with van der Waals surface area (Å²) in [6.07, 6.45) is 6.01. The van der Waals surface area contributed by atoms with Crippen LogP contribution in [0.1, 0.15) is 31.2 Å². The van der Waals surface area contributed by atoms with Crippen LogP contribution in [0.2, 0.25) is 0 Å². The minimum absolute atomic E-state index is 0.713. The van der Waals surface area contributed by atoms with Gasteiger partial charge < -0.3 is 16.0 Å². The molecule has 3 N–H and O–H groups in total. The van der Waals surface area contributed by atoms with Gasteiger partial charge in [0.1, 0.15) is 0 Å². The Labute approximate surface area is 168 Å². The van der Waals surface area contributed by atoms with Gasteiger partial charge in [0.05, 0.1) is 5.70 Å². The molecule has 0 spiro atoms. The van der Waals surface area contributed by atoms with Gasteiger partial charge in [0.25, 0.3) is 0 Å². The zero-order valence-electron chi connectivity index (χ0n) is 15.3. The third kappa shape index (κ3) is 3.46. The highest BCUT2D eigenvalue weighted by Gasteiger charge is 2.27. The number of anilines is 1. The van der Waals surface area contributed by atoms with Crippen molar-refractivity contribution in [3.8, 4) is 0 Å². The van der Waals surface area contributed by atoms with Crippen LogP contribution in [0.5, 0.6) is 0 Å². The Morgan fingerprint density at radius 2 is 1.81 bits per heavy atom. The van der Waals surface area contributed by atoms with Gasteiger partial charge in [0.2, 0.25) is 0 Å². The lowest BCUT2D eigenvalue weighted by Gasteiger charge is -2.36. The van der Waals surface area contributed by atoms with Crippen molar-refractivity contribution in [1.29, 1.82) is 5.41 Å². The van der Waals surface area contributed by atoms with E-state index in [0.717, 1.165) is 43.2 Å². The van der Waals surface area contributed by atoms with Crippen LogP contribution in [-0.2, 0) is 0 Å². The molecule has 1 aliphatic carbocycles. The molecule has 0 bridgehead atoms. The van der Waals surface area contributed by atoms with E-state index in [-0.39, 0.29) is 0 Å². The molecule has 2 aromatic carbocycles. The van der Waals surface area contributed by atoms with Gasteiger partial charge in [-0.15, -0.1) is 0 Å². The smallest absolute Gasteiger partial charge is 0.0564 e. The van der Waals surface area contributed by atoms with Crippen LogP contribution in [-0.4, -0.2) is 22.5 Å². The first-order chi connectivity index (χ1) is 13.2. The maximum atomic E-state index is 8.25. The fourth-order valence-corrected chi connectivity index (χ4v) is 4.41. The van der Waals surface area contributed by atoms with Crippen molar-refractivity contribution < 1.29 is 0 Å². The monoisotopic (exact) mass is 421 g/mol. The van der Waals surface area contributed by atoms with Crippen LogP contribution in [0.15, 0.2) is 60.3 Å². The Kier molecular flexibility index (Phi) is 5.17. The molecule has 4 rings (SSSR count). The number of nitrogen functional groups attached to an aromatic ring is 1. The molecule has 0 atom stereocenters. The molecule has 4 heteroatoms. The first kappa shape index (κ1) is 18.1. The molecule has 1 heterocycles. The predicted octanol–water partition coefficient (Wildman–Crippen LogP) is 3.76. The highest BCUT2D eigenvalue weighted by molar-refractivity contribution is 9.09. The Hall–Kier alpha value is -2.33. The predicted molar refractivity (Wildman–Crippen MR) is 117 cm³/mol. The summed E-state index contributed by atoms with van der Waals surface area (Å²) in [7, 11) is 0. The fraction of sp³-hybridized carbons (Fsp3) is 0.261. The molecule has 2 aliphatic rings. The van der Waals surface area contributed by atoms with E-state index in [4.69, 9.17) is 11.1 Å². The number of halogens is 1. The molecule has 0 fully saturated rings. The van der Waals surface area contributed by atoms with Gasteiger partial charge in [-0.3, -0.25) is 0 Å². The summed E-state index contributed by atoms with van der Waals surface area (Å²) in [5.41, 5.74) is 12.6. The average Bonchev–Trinajstić information content (AvgIpc) is 2.68. The van der Waals surface area contributed by atoms with Crippen molar-refractivity contribution in [2.45, 2.75) is 25.7 Å². The number of benzene rings is 2. The number of alkyl halides is 1. The molecule has 0 amide bonds. The molecule has 0 saturated carbocycles. The first-order valence-corrected chi connectivity index (χ1v) is 10.6. The third-order valence-corrected chi connectivity index (χ3v) is 5.82. The van der Waals surface area contributed by atoms with Crippen LogP contribution in [0, 0.1) is 5.41 Å². The van der Waals surface area contributed by atoms with E-state index in [1.54, 1.807) is 0 Å². The van der Waals surface area contributed by atoms with E-state index in [2.05, 4.69) is 69.4 Å². The van der Waals surface area contributed by atoms with Crippen molar-refractivity contribution in [3.05, 3.63) is 76.3 Å². The number of rotatable bonds is 5. The largest absolute Gasteiger partial charge is 0.399 e. The molecule has 138 valence electrons. The van der Waals surface area contributed by atoms with E-state index in [1.165, 1.54) is 33.0 Å². The SMILES string of the molecule is N=C1C=C2C(=c3ccc(N)cc3=C(c3ccccc3)N2CCCCBr)CC1. The number of fused-ring (bicyclic) bond motifs is 2. The van der Waals surface area contributed by atoms with Gasteiger partial charge >= 0.3 is 0 Å². The molecule has 0 radical (unpaired) electrons. The number of nitrogens with zero attached hydrogens (tertiary/aromatic N) is 1. The fourth-order valence-electron chi connectivity index (χ4n) is 4.02. The van der Waals surface area contributed by atoms with Crippen LogP contribution >= 0.6 is 15.9 Å². The minimum Gasteiger partial charge on any atom is -0.399 e. The quantitative estimate of drug-likeness (QED) is 0.438. The highest BCUT2D eigenvalue weighted by atomic mass is 79.9. The van der Waals surface area contributed by atoms with E-state index in [9.17, 15) is 0 Å². The normalized spacial score (nSPS) is 16.1. The second kappa shape index (κ2) is 7.73. The van der Waals surface area contributed by atoms with Crippen LogP contribution in [0.3, 0.4) is 0 Å². The van der Waals surface area contributed by atoms with Gasteiger partial charge in [0, 0.05) is 34.2 Å². The van der Waals surface area contributed by atoms with E-state index < -0.39 is 0 Å². The summed E-state index contributed by atoms with van der Waals surface area (Å²) in [6.45, 7) is 0.937. The molecule has 0 saturated heterocycles. The summed E-state index contributed by atoms with van der Waals surface area (Å²) >= 11 is 3.55. The highest BCUT2D eigenvalue weighted by Crippen LogP contribution is 2.33. The minimum atomic E-state index is 0.713. The van der Waals surface area contributed by atoms with Gasteiger partial charge in [-0.1, -0.05) is 52.3 Å². The molecule has 3 nitrogen and oxygen atoms in total. The van der Waals surface area contributed by atoms with Crippen LogP contribution < -0.4 is 16.2 Å². The first-order valence-electron chi connectivity index (χ1n) is 9.50. The molecule has 27 heavy (non-hydrogen) atoms. The summed E-state index contributed by atoms with van der Waals surface area (Å²) in [5.74, 6) is 0. The molecule has 1 aliphatic heterocycles. The number of nitrogens with two attached hydrogens (primary N) is 1. The lowest BCUT2D eigenvalue weighted by molar-refractivity contribution is 0.477. The molecular formula is C23H24BrN3. The Bertz CT molecular complexity index is 1020. The van der Waals surface area contributed by atoms with Gasteiger partial charge in [-0.05, 0) is 60.2 Å². The average molecular weight is 422 g/mol. The Morgan fingerprint density at radius 3 is 2.59 bits per heavy atom. The summed E-state index contributed by atoms with van der Waals surface area (Å²) in [4.78, 5) is 2.42. The number of hydrogen-bond donors (Lipinski definition) is 2. The van der Waals surface area contributed by atoms with Gasteiger partial charge in [-0.25, -0.2) is 0 Å². The lowest BCUT2D eigenvalue weighted by atomic mass is 9.88. The Balaban J connectivity index is 2.03. The van der Waals surface area contributed by atoms with Gasteiger partial charge in [-0.2, -0.15) is 0 Å². The maximum Gasteiger partial charge on any atom is 0.0564 e. The summed E-state index contributed by atoms with van der Waals surface area (Å²) < 4.78 is 0. The molecule has 0 unspecified atom stereocenters. The van der Waals surface area contributed by atoms with Crippen molar-refractivity contribution in [2.75, 3.05) is 17.6 Å². The van der Waals surface area contributed by atoms with Crippen LogP contribution in [0.25, 0.3) is 11.3 Å². The van der Waals surface area contributed by atoms with E-state index >= 15 is 0 Å². The standard InChI is InChI=1S/C23H24BrN3/c24-12-4-5-13-27-22-15-18(26)9-11-20(22)19-10-8-17(25)14-21(19)23(27)16-6-2-1-3-7-16/h1-3,6-8,10,14-15,26H,4-5,9,11-13,25H2. The number of hydrogen-bond acceptors (Lipinski definition) is 3. The zero-order valence-corrected chi connectivity index (χ0v) is 16.9. The number of allylic oxidation sites excluding steroid dienone is 2. The topological polar surface area (TPSA) is 53.1 Å². The molecule has 2 aromatic rings. The summed E-state index contributed by atoms with van der Waals surface area (Å²) in [5, 5.41) is 11.7. The summed E-state index contributed by atoms with van der Waals surface area (Å²) in [6, 6.07) is 16.8. The number of nitrogens with one attached hydrogen (secondary N) is 1. The molecule has 0 aromatic heterocycles. The van der Waals surface area contributed by atoms with Crippen molar-refractivity contribution in [2.24, 2.45) is 0 Å². The van der Waals surface area contributed by atoms with Crippen molar-refractivity contribution >= 4 is 38.6 Å². The Morgan fingerprint density at radius 1 is 1.00 bits per heavy atom. The van der Waals surface area contributed by atoms with Crippen molar-refractivity contribution in [3.63, 3.8) is 0 Å². The zero-order chi connectivity index (χ0) is 18.8. The van der Waals surface area contributed by atoms with E-state index in [0.29, 0.717) is 5.71 Å².